The van der Waals surface area contributed by atoms with E-state index >= 15 is 0 Å². The highest BCUT2D eigenvalue weighted by atomic mass is 19.1. The monoisotopic (exact) mass is 257 g/mol. The number of carbonyl (C=O) groups is 1. The highest BCUT2D eigenvalue weighted by molar-refractivity contribution is 5.77. The average Bonchev–Trinajstić information content (AvgIpc) is 2.46. The van der Waals surface area contributed by atoms with Crippen molar-refractivity contribution in [1.82, 2.24) is 5.32 Å². The lowest BCUT2D eigenvalue weighted by molar-refractivity contribution is -0.120. The van der Waals surface area contributed by atoms with Gasteiger partial charge in [-0.1, -0.05) is 48.5 Å². The molecule has 0 saturated heterocycles. The molecule has 3 heteroatoms. The molecule has 1 amide bonds. The number of amides is 1. The molecule has 0 aliphatic rings. The van der Waals surface area contributed by atoms with Crippen LogP contribution in [0.15, 0.2) is 54.6 Å². The summed E-state index contributed by atoms with van der Waals surface area (Å²) in [5, 5.41) is 2.59. The highest BCUT2D eigenvalue weighted by Crippen LogP contribution is 2.29. The van der Waals surface area contributed by atoms with Gasteiger partial charge >= 0.3 is 0 Å². The van der Waals surface area contributed by atoms with Crippen molar-refractivity contribution in [2.75, 3.05) is 7.05 Å². The van der Waals surface area contributed by atoms with E-state index in [4.69, 9.17) is 0 Å². The summed E-state index contributed by atoms with van der Waals surface area (Å²) in [5.41, 5.74) is 1.49. The summed E-state index contributed by atoms with van der Waals surface area (Å²) in [6.07, 6.45) is 0.238. The maximum Gasteiger partial charge on any atom is 0.220 e. The van der Waals surface area contributed by atoms with Gasteiger partial charge in [-0.25, -0.2) is 4.39 Å². The first-order valence-corrected chi connectivity index (χ1v) is 6.22. The Morgan fingerprint density at radius 3 is 2.37 bits per heavy atom. The second-order valence-corrected chi connectivity index (χ2v) is 4.36. The zero-order chi connectivity index (χ0) is 13.7. The number of hydrogen-bond acceptors (Lipinski definition) is 1. The van der Waals surface area contributed by atoms with Gasteiger partial charge in [-0.05, 0) is 17.2 Å². The number of benzene rings is 2. The summed E-state index contributed by atoms with van der Waals surface area (Å²) in [4.78, 5) is 11.6. The number of halogens is 1. The van der Waals surface area contributed by atoms with Gasteiger partial charge in [-0.2, -0.15) is 0 Å². The van der Waals surface area contributed by atoms with Crippen LogP contribution in [-0.4, -0.2) is 13.0 Å². The molecule has 1 atom stereocenters. The molecule has 2 rings (SSSR count). The Balaban J connectivity index is 2.40. The van der Waals surface area contributed by atoms with Crippen molar-refractivity contribution < 1.29 is 9.18 Å². The lowest BCUT2D eigenvalue weighted by atomic mass is 9.88. The van der Waals surface area contributed by atoms with Crippen LogP contribution in [0.25, 0.3) is 0 Å². The number of rotatable bonds is 4. The molecule has 2 nitrogen and oxygen atoms in total. The molecule has 2 aromatic rings. The first-order chi connectivity index (χ1) is 9.22. The van der Waals surface area contributed by atoms with Gasteiger partial charge in [0.15, 0.2) is 0 Å². The largest absolute Gasteiger partial charge is 0.359 e. The molecule has 0 saturated carbocycles. The van der Waals surface area contributed by atoms with E-state index in [1.807, 2.05) is 30.3 Å². The fourth-order valence-corrected chi connectivity index (χ4v) is 2.14. The third kappa shape index (κ3) is 3.19. The van der Waals surface area contributed by atoms with E-state index in [9.17, 15) is 9.18 Å². The smallest absolute Gasteiger partial charge is 0.220 e. The lowest BCUT2D eigenvalue weighted by Crippen LogP contribution is -2.21. The third-order valence-electron chi connectivity index (χ3n) is 3.15. The molecule has 0 fully saturated rings. The van der Waals surface area contributed by atoms with Crippen LogP contribution in [0.2, 0.25) is 0 Å². The summed E-state index contributed by atoms with van der Waals surface area (Å²) < 4.78 is 13.9. The maximum absolute atomic E-state index is 13.9. The topological polar surface area (TPSA) is 29.1 Å². The van der Waals surface area contributed by atoms with Crippen LogP contribution in [-0.2, 0) is 4.79 Å². The van der Waals surface area contributed by atoms with Crippen LogP contribution >= 0.6 is 0 Å². The second kappa shape index (κ2) is 6.14. The minimum absolute atomic E-state index is 0.0999. The molecule has 98 valence electrons. The van der Waals surface area contributed by atoms with Gasteiger partial charge < -0.3 is 5.32 Å². The normalized spacial score (nSPS) is 11.9. The molecule has 2 aromatic carbocycles. The predicted octanol–water partition coefficient (Wildman–Crippen LogP) is 3.09. The standard InChI is InChI=1S/C16H16FNO/c1-18-16(19)11-14(12-7-3-2-4-8-12)13-9-5-6-10-15(13)17/h2-10,14H,11H2,1H3,(H,18,19). The average molecular weight is 257 g/mol. The summed E-state index contributed by atoms with van der Waals surface area (Å²) >= 11 is 0. The molecular formula is C16H16FNO. The summed E-state index contributed by atoms with van der Waals surface area (Å²) in [6, 6.07) is 16.1. The van der Waals surface area contributed by atoms with Crippen LogP contribution in [0, 0.1) is 5.82 Å². The van der Waals surface area contributed by atoms with Crippen LogP contribution in [0.1, 0.15) is 23.5 Å². The Morgan fingerprint density at radius 1 is 1.11 bits per heavy atom. The molecule has 19 heavy (non-hydrogen) atoms. The molecule has 0 heterocycles. The highest BCUT2D eigenvalue weighted by Gasteiger charge is 2.20. The molecule has 1 unspecified atom stereocenters. The molecule has 0 bridgehead atoms. The molecule has 1 N–H and O–H groups in total. The van der Waals surface area contributed by atoms with Crippen LogP contribution in [0.3, 0.4) is 0 Å². The molecule has 0 aromatic heterocycles. The summed E-state index contributed by atoms with van der Waals surface area (Å²) in [7, 11) is 1.59. The van der Waals surface area contributed by atoms with E-state index in [1.54, 1.807) is 25.2 Å². The van der Waals surface area contributed by atoms with Crippen molar-refractivity contribution in [1.29, 1.82) is 0 Å². The molecular weight excluding hydrogens is 241 g/mol. The summed E-state index contributed by atoms with van der Waals surface area (Å²) in [6.45, 7) is 0. The first-order valence-electron chi connectivity index (χ1n) is 6.22. The van der Waals surface area contributed by atoms with Gasteiger partial charge in [0.1, 0.15) is 5.82 Å². The second-order valence-electron chi connectivity index (χ2n) is 4.36. The zero-order valence-electron chi connectivity index (χ0n) is 10.8. The quantitative estimate of drug-likeness (QED) is 0.896. The number of hydrogen-bond donors (Lipinski definition) is 1. The van der Waals surface area contributed by atoms with Crippen molar-refractivity contribution in [2.24, 2.45) is 0 Å². The Hall–Kier alpha value is -2.16. The minimum Gasteiger partial charge on any atom is -0.359 e. The number of nitrogens with one attached hydrogen (secondary N) is 1. The fraction of sp³-hybridized carbons (Fsp3) is 0.188. The minimum atomic E-state index is -0.278. The SMILES string of the molecule is CNC(=O)CC(c1ccccc1)c1ccccc1F. The van der Waals surface area contributed by atoms with E-state index in [0.717, 1.165) is 5.56 Å². The van der Waals surface area contributed by atoms with Crippen molar-refractivity contribution >= 4 is 5.91 Å². The zero-order valence-corrected chi connectivity index (χ0v) is 10.8. The van der Waals surface area contributed by atoms with Gasteiger partial charge in [0.2, 0.25) is 5.91 Å². The van der Waals surface area contributed by atoms with Gasteiger partial charge in [-0.3, -0.25) is 4.79 Å². The van der Waals surface area contributed by atoms with E-state index in [1.165, 1.54) is 6.07 Å². The lowest BCUT2D eigenvalue weighted by Gasteiger charge is -2.17. The van der Waals surface area contributed by atoms with Crippen LogP contribution in [0.4, 0.5) is 4.39 Å². The Morgan fingerprint density at radius 2 is 1.74 bits per heavy atom. The third-order valence-corrected chi connectivity index (χ3v) is 3.15. The molecule has 0 aliphatic heterocycles. The van der Waals surface area contributed by atoms with Gasteiger partial charge in [0.05, 0.1) is 0 Å². The van der Waals surface area contributed by atoms with Crippen LogP contribution in [0.5, 0.6) is 0 Å². The van der Waals surface area contributed by atoms with Crippen LogP contribution < -0.4 is 5.32 Å². The first kappa shape index (κ1) is 13.3. The maximum atomic E-state index is 13.9. The molecule has 0 aliphatic carbocycles. The van der Waals surface area contributed by atoms with Crippen molar-refractivity contribution in [2.45, 2.75) is 12.3 Å². The Bertz CT molecular complexity index is 554. The van der Waals surface area contributed by atoms with Crippen molar-refractivity contribution in [3.63, 3.8) is 0 Å². The fourth-order valence-electron chi connectivity index (χ4n) is 2.14. The molecule has 0 spiro atoms. The molecule has 0 radical (unpaired) electrons. The van der Waals surface area contributed by atoms with E-state index < -0.39 is 0 Å². The van der Waals surface area contributed by atoms with E-state index in [2.05, 4.69) is 5.32 Å². The van der Waals surface area contributed by atoms with Gasteiger partial charge in [-0.15, -0.1) is 0 Å². The van der Waals surface area contributed by atoms with Gasteiger partial charge in [0.25, 0.3) is 0 Å². The Kier molecular flexibility index (Phi) is 4.29. The Labute approximate surface area is 112 Å². The van der Waals surface area contributed by atoms with Crippen molar-refractivity contribution in [3.8, 4) is 0 Å². The number of carbonyl (C=O) groups excluding carboxylic acids is 1. The van der Waals surface area contributed by atoms with Crippen molar-refractivity contribution in [3.05, 3.63) is 71.5 Å². The summed E-state index contributed by atoms with van der Waals surface area (Å²) in [5.74, 6) is -0.639. The predicted molar refractivity (Wildman–Crippen MR) is 73.4 cm³/mol. The van der Waals surface area contributed by atoms with Gasteiger partial charge in [0, 0.05) is 19.4 Å². The van der Waals surface area contributed by atoms with E-state index in [0.29, 0.717) is 5.56 Å². The van der Waals surface area contributed by atoms with E-state index in [-0.39, 0.29) is 24.1 Å².